The summed E-state index contributed by atoms with van der Waals surface area (Å²) in [5, 5.41) is 12.7. The molecule has 17 heavy (non-hydrogen) atoms. The Morgan fingerprint density at radius 1 is 1.47 bits per heavy atom. The van der Waals surface area contributed by atoms with Crippen LogP contribution >= 0.6 is 11.6 Å². The summed E-state index contributed by atoms with van der Waals surface area (Å²) in [6.45, 7) is 4.59. The van der Waals surface area contributed by atoms with Gasteiger partial charge >= 0.3 is 0 Å². The monoisotopic (exact) mass is 251 g/mol. The molecule has 2 N–H and O–H groups in total. The van der Waals surface area contributed by atoms with E-state index in [2.05, 4.69) is 17.2 Å². The lowest BCUT2D eigenvalue weighted by Gasteiger charge is -2.08. The van der Waals surface area contributed by atoms with Gasteiger partial charge in [0, 0.05) is 17.5 Å². The lowest BCUT2D eigenvalue weighted by Crippen LogP contribution is -2.14. The zero-order chi connectivity index (χ0) is 13.1. The van der Waals surface area contributed by atoms with Gasteiger partial charge in [0.25, 0.3) is 0 Å². The zero-order valence-corrected chi connectivity index (χ0v) is 10.7. The second kappa shape index (κ2) is 5.22. The lowest BCUT2D eigenvalue weighted by atomic mass is 10.1. The number of halogens is 1. The minimum atomic E-state index is -1.08. The highest BCUT2D eigenvalue weighted by Crippen LogP contribution is 2.20. The normalized spacial score (nSPS) is 10.4. The van der Waals surface area contributed by atoms with Crippen molar-refractivity contribution in [3.8, 4) is 11.8 Å². The SMILES string of the molecule is CC(=O)Nc1cc(Cl)ccc1C#CC(C)(C)O. The molecule has 1 amide bonds. The molecule has 0 fully saturated rings. The third kappa shape index (κ3) is 4.90. The number of hydrogen-bond donors (Lipinski definition) is 2. The van der Waals surface area contributed by atoms with E-state index < -0.39 is 5.60 Å². The van der Waals surface area contributed by atoms with E-state index in [9.17, 15) is 9.90 Å². The molecule has 0 aliphatic rings. The lowest BCUT2D eigenvalue weighted by molar-refractivity contribution is -0.114. The van der Waals surface area contributed by atoms with Crippen LogP contribution in [0.25, 0.3) is 0 Å². The van der Waals surface area contributed by atoms with Crippen molar-refractivity contribution < 1.29 is 9.90 Å². The molecule has 0 heterocycles. The van der Waals surface area contributed by atoms with Crippen LogP contribution in [0, 0.1) is 11.8 Å². The molecule has 1 aromatic carbocycles. The predicted molar refractivity (Wildman–Crippen MR) is 68.9 cm³/mol. The summed E-state index contributed by atoms with van der Waals surface area (Å²) < 4.78 is 0. The van der Waals surface area contributed by atoms with Crippen molar-refractivity contribution >= 4 is 23.2 Å². The summed E-state index contributed by atoms with van der Waals surface area (Å²) in [6, 6.07) is 5.00. The number of carbonyl (C=O) groups excluding carboxylic acids is 1. The van der Waals surface area contributed by atoms with Crippen molar-refractivity contribution in [1.82, 2.24) is 0 Å². The van der Waals surface area contributed by atoms with E-state index in [0.717, 1.165) is 0 Å². The van der Waals surface area contributed by atoms with Crippen molar-refractivity contribution in [2.45, 2.75) is 26.4 Å². The molecule has 0 atom stereocenters. The first kappa shape index (κ1) is 13.6. The fraction of sp³-hybridized carbons (Fsp3) is 0.308. The number of nitrogens with one attached hydrogen (secondary N) is 1. The molecule has 1 rings (SSSR count). The quantitative estimate of drug-likeness (QED) is 0.753. The Labute approximate surface area is 106 Å². The van der Waals surface area contributed by atoms with Gasteiger partial charge in [-0.2, -0.15) is 0 Å². The van der Waals surface area contributed by atoms with Gasteiger partial charge < -0.3 is 10.4 Å². The molecule has 0 aliphatic carbocycles. The minimum Gasteiger partial charge on any atom is -0.378 e. The van der Waals surface area contributed by atoms with Crippen LogP contribution in [0.3, 0.4) is 0 Å². The molecule has 0 unspecified atom stereocenters. The van der Waals surface area contributed by atoms with Crippen LogP contribution in [0.2, 0.25) is 5.02 Å². The number of hydrogen-bond acceptors (Lipinski definition) is 2. The summed E-state index contributed by atoms with van der Waals surface area (Å²) >= 11 is 5.84. The Hall–Kier alpha value is -1.50. The smallest absolute Gasteiger partial charge is 0.221 e. The van der Waals surface area contributed by atoms with Gasteiger partial charge in [0.1, 0.15) is 5.60 Å². The third-order valence-corrected chi connectivity index (χ3v) is 2.03. The predicted octanol–water partition coefficient (Wildman–Crippen LogP) is 2.42. The summed E-state index contributed by atoms with van der Waals surface area (Å²) in [7, 11) is 0. The van der Waals surface area contributed by atoms with Gasteiger partial charge in [-0.25, -0.2) is 0 Å². The molecule has 90 valence electrons. The Bertz CT molecular complexity index is 492. The van der Waals surface area contributed by atoms with Crippen LogP contribution in [0.4, 0.5) is 5.69 Å². The molecule has 3 nitrogen and oxygen atoms in total. The third-order valence-electron chi connectivity index (χ3n) is 1.80. The molecular formula is C13H14ClNO2. The first-order chi connectivity index (χ1) is 7.78. The number of rotatable bonds is 1. The molecule has 0 aromatic heterocycles. The average molecular weight is 252 g/mol. The maximum Gasteiger partial charge on any atom is 0.221 e. The van der Waals surface area contributed by atoms with Crippen molar-refractivity contribution in [2.75, 3.05) is 5.32 Å². The second-order valence-electron chi connectivity index (χ2n) is 4.18. The Morgan fingerprint density at radius 2 is 2.12 bits per heavy atom. The highest BCUT2D eigenvalue weighted by atomic mass is 35.5. The summed E-state index contributed by atoms with van der Waals surface area (Å²) in [5.41, 5.74) is 0.0844. The highest BCUT2D eigenvalue weighted by Gasteiger charge is 2.07. The summed E-state index contributed by atoms with van der Waals surface area (Å²) in [4.78, 5) is 11.0. The first-order valence-electron chi connectivity index (χ1n) is 5.10. The van der Waals surface area contributed by atoms with Crippen LogP contribution in [-0.4, -0.2) is 16.6 Å². The average Bonchev–Trinajstić information content (AvgIpc) is 2.14. The topological polar surface area (TPSA) is 49.3 Å². The standard InChI is InChI=1S/C13H14ClNO2/c1-9(16)15-12-8-11(14)5-4-10(12)6-7-13(2,3)17/h4-5,8,17H,1-3H3,(H,15,16). The van der Waals surface area contributed by atoms with Crippen molar-refractivity contribution in [1.29, 1.82) is 0 Å². The van der Waals surface area contributed by atoms with Crippen LogP contribution in [0.5, 0.6) is 0 Å². The fourth-order valence-electron chi connectivity index (χ4n) is 1.14. The number of carbonyl (C=O) groups is 1. The van der Waals surface area contributed by atoms with Crippen molar-refractivity contribution in [2.24, 2.45) is 0 Å². The van der Waals surface area contributed by atoms with Gasteiger partial charge in [0.05, 0.1) is 5.69 Å². The van der Waals surface area contributed by atoms with E-state index in [1.807, 2.05) is 0 Å². The molecule has 0 spiro atoms. The molecule has 0 saturated heterocycles. The molecule has 0 aliphatic heterocycles. The highest BCUT2D eigenvalue weighted by molar-refractivity contribution is 6.31. The van der Waals surface area contributed by atoms with Gasteiger partial charge in [0.15, 0.2) is 0 Å². The number of amides is 1. The minimum absolute atomic E-state index is 0.196. The van der Waals surface area contributed by atoms with Crippen LogP contribution in [0.15, 0.2) is 18.2 Å². The number of aliphatic hydroxyl groups is 1. The molecule has 0 radical (unpaired) electrons. The van der Waals surface area contributed by atoms with E-state index in [-0.39, 0.29) is 5.91 Å². The summed E-state index contributed by atoms with van der Waals surface area (Å²) in [5.74, 6) is 5.30. The van der Waals surface area contributed by atoms with E-state index in [0.29, 0.717) is 16.3 Å². The Kier molecular flexibility index (Phi) is 4.17. The van der Waals surface area contributed by atoms with Gasteiger partial charge in [-0.3, -0.25) is 4.79 Å². The molecule has 0 bridgehead atoms. The van der Waals surface area contributed by atoms with E-state index in [4.69, 9.17) is 11.6 Å². The van der Waals surface area contributed by atoms with E-state index in [1.165, 1.54) is 6.92 Å². The van der Waals surface area contributed by atoms with Gasteiger partial charge in [-0.1, -0.05) is 23.4 Å². The van der Waals surface area contributed by atoms with Gasteiger partial charge in [0.2, 0.25) is 5.91 Å². The molecule has 4 heteroatoms. The Morgan fingerprint density at radius 3 is 2.65 bits per heavy atom. The van der Waals surface area contributed by atoms with Crippen LogP contribution in [0.1, 0.15) is 26.3 Å². The maximum absolute atomic E-state index is 11.0. The first-order valence-corrected chi connectivity index (χ1v) is 5.48. The molecule has 0 saturated carbocycles. The second-order valence-corrected chi connectivity index (χ2v) is 4.62. The van der Waals surface area contributed by atoms with Crippen molar-refractivity contribution in [3.05, 3.63) is 28.8 Å². The number of anilines is 1. The molecular weight excluding hydrogens is 238 g/mol. The summed E-state index contributed by atoms with van der Waals surface area (Å²) in [6.07, 6.45) is 0. The van der Waals surface area contributed by atoms with Crippen molar-refractivity contribution in [3.63, 3.8) is 0 Å². The van der Waals surface area contributed by atoms with Crippen LogP contribution < -0.4 is 5.32 Å². The maximum atomic E-state index is 11.0. The Balaban J connectivity index is 3.13. The largest absolute Gasteiger partial charge is 0.378 e. The van der Waals surface area contributed by atoms with Gasteiger partial charge in [-0.05, 0) is 32.0 Å². The van der Waals surface area contributed by atoms with E-state index in [1.54, 1.807) is 32.0 Å². The van der Waals surface area contributed by atoms with E-state index >= 15 is 0 Å². The van der Waals surface area contributed by atoms with Gasteiger partial charge in [-0.15, -0.1) is 0 Å². The fourth-order valence-corrected chi connectivity index (χ4v) is 1.31. The van der Waals surface area contributed by atoms with Crippen LogP contribution in [-0.2, 0) is 4.79 Å². The zero-order valence-electron chi connectivity index (χ0n) is 9.97. The molecule has 1 aromatic rings. The number of benzene rings is 1.